The summed E-state index contributed by atoms with van der Waals surface area (Å²) < 4.78 is 21.2. The Morgan fingerprint density at radius 3 is 2.67 bits per heavy atom. The number of carbonyl (C=O) groups is 1. The first kappa shape index (κ1) is 28.0. The third-order valence-corrected chi connectivity index (χ3v) is 7.39. The lowest BCUT2D eigenvalue weighted by atomic mass is 10.0. The number of anilines is 1. The molecule has 0 bridgehead atoms. The van der Waals surface area contributed by atoms with Gasteiger partial charge in [0.15, 0.2) is 5.82 Å². The van der Waals surface area contributed by atoms with E-state index in [1.54, 1.807) is 12.1 Å². The summed E-state index contributed by atoms with van der Waals surface area (Å²) in [4.78, 5) is 24.5. The number of rotatable bonds is 11. The largest absolute Gasteiger partial charge is 0.369 e. The fourth-order valence-electron chi connectivity index (χ4n) is 4.98. The van der Waals surface area contributed by atoms with Crippen molar-refractivity contribution in [3.05, 3.63) is 76.7 Å². The Hall–Kier alpha value is -3.53. The maximum atomic E-state index is 14.6. The minimum absolute atomic E-state index is 0.0867. The van der Waals surface area contributed by atoms with Crippen LogP contribution in [-0.2, 0) is 16.0 Å². The summed E-state index contributed by atoms with van der Waals surface area (Å²) in [5, 5.41) is 10.8. The molecule has 10 heteroatoms. The number of benzene rings is 2. The van der Waals surface area contributed by atoms with E-state index >= 15 is 0 Å². The van der Waals surface area contributed by atoms with E-state index in [2.05, 4.69) is 20.9 Å². The fraction of sp³-hybridized carbons (Fsp3) is 0.367. The molecule has 1 unspecified atom stereocenters. The molecule has 1 amide bonds. The van der Waals surface area contributed by atoms with Gasteiger partial charge in [-0.15, -0.1) is 0 Å². The second-order valence-electron chi connectivity index (χ2n) is 9.97. The van der Waals surface area contributed by atoms with Crippen LogP contribution in [-0.4, -0.2) is 53.1 Å². The number of hydrogen-bond donors (Lipinski definition) is 4. The smallest absolute Gasteiger partial charge is 0.216 e. The highest BCUT2D eigenvalue weighted by Crippen LogP contribution is 2.33. The minimum atomic E-state index is -0.319. The molecule has 5 rings (SSSR count). The zero-order valence-corrected chi connectivity index (χ0v) is 23.2. The van der Waals surface area contributed by atoms with Crippen molar-refractivity contribution in [2.45, 2.75) is 44.8 Å². The molecule has 1 fully saturated rings. The van der Waals surface area contributed by atoms with Gasteiger partial charge < -0.3 is 25.7 Å². The zero-order chi connectivity index (χ0) is 27.9. The van der Waals surface area contributed by atoms with E-state index in [-0.39, 0.29) is 23.9 Å². The van der Waals surface area contributed by atoms with Crippen LogP contribution in [0.5, 0.6) is 0 Å². The van der Waals surface area contributed by atoms with Gasteiger partial charge in [-0.25, -0.2) is 14.4 Å². The van der Waals surface area contributed by atoms with E-state index in [4.69, 9.17) is 26.3 Å². The van der Waals surface area contributed by atoms with Gasteiger partial charge in [0.2, 0.25) is 5.91 Å². The standard InChI is InChI=1S/C30H34ClFN6O2/c1-19(39)34-16-17-35-29-23-18-26(36-30(23)38-28(37-29)20-6-3-2-4-7-20)27(40-21-12-14-33-15-13-21)11-10-22-24(31)8-5-9-25(22)32/h2-9,18,21,27,33H,10-17H2,1H3,(H,34,39)(H2,35,36,37,38). The van der Waals surface area contributed by atoms with Crippen molar-refractivity contribution in [2.75, 3.05) is 31.5 Å². The number of amides is 1. The summed E-state index contributed by atoms with van der Waals surface area (Å²) in [7, 11) is 0. The molecule has 1 aliphatic rings. The average Bonchev–Trinajstić information content (AvgIpc) is 3.40. The Balaban J connectivity index is 1.48. The molecule has 1 aliphatic heterocycles. The number of carbonyl (C=O) groups excluding carboxylic acids is 1. The number of nitrogens with one attached hydrogen (secondary N) is 4. The maximum absolute atomic E-state index is 14.6. The Morgan fingerprint density at radius 1 is 1.12 bits per heavy atom. The minimum Gasteiger partial charge on any atom is -0.369 e. The van der Waals surface area contributed by atoms with Gasteiger partial charge in [-0.1, -0.05) is 48.0 Å². The number of hydrogen-bond acceptors (Lipinski definition) is 6. The average molecular weight is 565 g/mol. The monoisotopic (exact) mass is 564 g/mol. The molecule has 2 aromatic carbocycles. The normalized spacial score (nSPS) is 14.8. The first-order valence-corrected chi connectivity index (χ1v) is 14.1. The van der Waals surface area contributed by atoms with Gasteiger partial charge in [0.05, 0.1) is 17.6 Å². The highest BCUT2D eigenvalue weighted by molar-refractivity contribution is 6.31. The molecule has 1 atom stereocenters. The zero-order valence-electron chi connectivity index (χ0n) is 22.5. The Bertz CT molecular complexity index is 1420. The second-order valence-corrected chi connectivity index (χ2v) is 10.4. The molecule has 0 saturated carbocycles. The van der Waals surface area contributed by atoms with Crippen molar-refractivity contribution in [3.63, 3.8) is 0 Å². The third kappa shape index (κ3) is 6.96. The number of ether oxygens (including phenoxy) is 1. The van der Waals surface area contributed by atoms with Crippen LogP contribution in [0.25, 0.3) is 22.4 Å². The first-order valence-electron chi connectivity index (χ1n) is 13.7. The molecule has 4 N–H and O–H groups in total. The molecule has 210 valence electrons. The van der Waals surface area contributed by atoms with Crippen LogP contribution in [0.1, 0.15) is 43.5 Å². The Kier molecular flexibility index (Phi) is 9.26. The van der Waals surface area contributed by atoms with Crippen LogP contribution in [0.3, 0.4) is 0 Å². The molecule has 0 aliphatic carbocycles. The summed E-state index contributed by atoms with van der Waals surface area (Å²) in [6.45, 7) is 4.26. The molecule has 0 spiro atoms. The number of aromatic amines is 1. The van der Waals surface area contributed by atoms with Gasteiger partial charge >= 0.3 is 0 Å². The van der Waals surface area contributed by atoms with Crippen LogP contribution < -0.4 is 16.0 Å². The molecule has 2 aromatic heterocycles. The van der Waals surface area contributed by atoms with E-state index < -0.39 is 0 Å². The van der Waals surface area contributed by atoms with E-state index in [0.29, 0.717) is 53.8 Å². The second kappa shape index (κ2) is 13.2. The van der Waals surface area contributed by atoms with Crippen LogP contribution >= 0.6 is 11.6 Å². The number of fused-ring (bicyclic) bond motifs is 1. The van der Waals surface area contributed by atoms with Crippen LogP contribution in [0.15, 0.2) is 54.6 Å². The third-order valence-electron chi connectivity index (χ3n) is 7.04. The summed E-state index contributed by atoms with van der Waals surface area (Å²) >= 11 is 6.34. The number of piperidine rings is 1. The van der Waals surface area contributed by atoms with Crippen LogP contribution in [0.2, 0.25) is 5.02 Å². The SMILES string of the molecule is CC(=O)NCCNc1nc(-c2ccccc2)nc2[nH]c(C(CCc3c(F)cccc3Cl)OC3CCNCC3)cc12. The van der Waals surface area contributed by atoms with E-state index in [1.807, 2.05) is 36.4 Å². The lowest BCUT2D eigenvalue weighted by Gasteiger charge is -2.28. The van der Waals surface area contributed by atoms with Crippen molar-refractivity contribution < 1.29 is 13.9 Å². The van der Waals surface area contributed by atoms with E-state index in [9.17, 15) is 9.18 Å². The molecule has 8 nitrogen and oxygen atoms in total. The van der Waals surface area contributed by atoms with Gasteiger partial charge in [0.1, 0.15) is 17.3 Å². The molecule has 40 heavy (non-hydrogen) atoms. The quantitative estimate of drug-likeness (QED) is 0.182. The predicted molar refractivity (Wildman–Crippen MR) is 156 cm³/mol. The van der Waals surface area contributed by atoms with Crippen molar-refractivity contribution in [1.82, 2.24) is 25.6 Å². The van der Waals surface area contributed by atoms with Crippen LogP contribution in [0, 0.1) is 5.82 Å². The molecular weight excluding hydrogens is 531 g/mol. The number of halogens is 2. The van der Waals surface area contributed by atoms with Crippen molar-refractivity contribution in [2.24, 2.45) is 0 Å². The van der Waals surface area contributed by atoms with Crippen LogP contribution in [0.4, 0.5) is 10.2 Å². The van der Waals surface area contributed by atoms with Gasteiger partial charge in [0, 0.05) is 41.9 Å². The number of H-pyrrole nitrogens is 1. The van der Waals surface area contributed by atoms with Crippen molar-refractivity contribution >= 4 is 34.4 Å². The van der Waals surface area contributed by atoms with E-state index in [1.165, 1.54) is 13.0 Å². The molecule has 4 aromatic rings. The topological polar surface area (TPSA) is 104 Å². The van der Waals surface area contributed by atoms with Crippen molar-refractivity contribution in [3.8, 4) is 11.4 Å². The molecule has 0 radical (unpaired) electrons. The highest BCUT2D eigenvalue weighted by Gasteiger charge is 2.24. The lowest BCUT2D eigenvalue weighted by Crippen LogP contribution is -2.33. The summed E-state index contributed by atoms with van der Waals surface area (Å²) in [6, 6.07) is 16.6. The maximum Gasteiger partial charge on any atom is 0.216 e. The molecular formula is C30H34ClFN6O2. The van der Waals surface area contributed by atoms with Crippen molar-refractivity contribution in [1.29, 1.82) is 0 Å². The summed E-state index contributed by atoms with van der Waals surface area (Å²) in [5.74, 6) is 0.845. The highest BCUT2D eigenvalue weighted by atomic mass is 35.5. The fourth-order valence-corrected chi connectivity index (χ4v) is 5.24. The predicted octanol–water partition coefficient (Wildman–Crippen LogP) is 5.41. The van der Waals surface area contributed by atoms with Gasteiger partial charge in [-0.3, -0.25) is 4.79 Å². The van der Waals surface area contributed by atoms with Gasteiger partial charge in [0.25, 0.3) is 0 Å². The van der Waals surface area contributed by atoms with Gasteiger partial charge in [-0.05, 0) is 57.0 Å². The Labute approximate surface area is 238 Å². The Morgan fingerprint density at radius 2 is 1.93 bits per heavy atom. The molecule has 3 heterocycles. The number of nitrogens with zero attached hydrogens (tertiary/aromatic N) is 2. The number of aromatic nitrogens is 3. The van der Waals surface area contributed by atoms with E-state index in [0.717, 1.165) is 42.6 Å². The van der Waals surface area contributed by atoms with Gasteiger partial charge in [-0.2, -0.15) is 0 Å². The summed E-state index contributed by atoms with van der Waals surface area (Å²) in [5.41, 5.74) is 2.91. The molecule has 1 saturated heterocycles. The lowest BCUT2D eigenvalue weighted by molar-refractivity contribution is -0.118. The first-order chi connectivity index (χ1) is 19.5. The summed E-state index contributed by atoms with van der Waals surface area (Å²) in [6.07, 6.45) is 2.56.